The topological polar surface area (TPSA) is 25.8 Å². The molecule has 0 N–H and O–H groups in total. The summed E-state index contributed by atoms with van der Waals surface area (Å²) in [6.07, 6.45) is 0.0898. The molecule has 0 unspecified atom stereocenters. The Morgan fingerprint density at radius 1 is 1.14 bits per heavy atom. The van der Waals surface area contributed by atoms with Gasteiger partial charge in [0, 0.05) is 10.0 Å². The van der Waals surface area contributed by atoms with Gasteiger partial charge in [-0.05, 0) is 28.1 Å². The van der Waals surface area contributed by atoms with Crippen LogP contribution in [0.1, 0.15) is 2.74 Å². The maximum Gasteiger partial charge on any atom is 0.124 e. The number of hydrogen-bond donors (Lipinski definition) is 0. The Morgan fingerprint density at radius 2 is 2.00 bits per heavy atom. The lowest BCUT2D eigenvalue weighted by molar-refractivity contribution is 1.17. The smallest absolute Gasteiger partial charge is 0.124 e. The lowest BCUT2D eigenvalue weighted by Crippen LogP contribution is -1.85. The minimum atomic E-state index is 0.0333. The van der Waals surface area contributed by atoms with Gasteiger partial charge >= 0.3 is 0 Å². The van der Waals surface area contributed by atoms with Gasteiger partial charge in [0.15, 0.2) is 0 Å². The van der Waals surface area contributed by atoms with Gasteiger partial charge < -0.3 is 0 Å². The first-order valence-corrected chi connectivity index (χ1v) is 5.43. The molecule has 1 aromatic heterocycles. The molecule has 1 aromatic carbocycles. The molecule has 0 fully saturated rings. The normalized spacial score (nSPS) is 12.1. The van der Waals surface area contributed by atoms with Crippen LogP contribution < -0.4 is 0 Å². The fourth-order valence-electron chi connectivity index (χ4n) is 1.02. The van der Waals surface area contributed by atoms with E-state index >= 15 is 0 Å². The highest BCUT2D eigenvalue weighted by Gasteiger charge is 1.99. The molecule has 0 aliphatic rings. The van der Waals surface area contributed by atoms with E-state index in [1.165, 1.54) is 0 Å². The molecule has 0 radical (unpaired) electrons. The average Bonchev–Trinajstić information content (AvgIpc) is 2.23. The molecule has 14 heavy (non-hydrogen) atoms. The first kappa shape index (κ1) is 7.54. The first-order valence-electron chi connectivity index (χ1n) is 4.84. The van der Waals surface area contributed by atoms with Crippen LogP contribution in [-0.2, 0) is 0 Å². The summed E-state index contributed by atoms with van der Waals surface area (Å²) in [6.45, 7) is 0. The summed E-state index contributed by atoms with van der Waals surface area (Å²) in [5.41, 5.74) is 1.18. The van der Waals surface area contributed by atoms with E-state index in [-0.39, 0.29) is 16.9 Å². The second kappa shape index (κ2) is 4.19. The molecule has 1 heterocycles. The second-order valence-electron chi connectivity index (χ2n) is 2.60. The van der Waals surface area contributed by atoms with E-state index in [2.05, 4.69) is 41.8 Å². The third-order valence-electron chi connectivity index (χ3n) is 1.62. The monoisotopic (exact) mass is 314 g/mol. The number of halogens is 2. The number of rotatable bonds is 1. The number of benzene rings is 1. The van der Waals surface area contributed by atoms with Gasteiger partial charge in [0.2, 0.25) is 0 Å². The van der Waals surface area contributed by atoms with Crippen molar-refractivity contribution < 1.29 is 2.74 Å². The van der Waals surface area contributed by atoms with Crippen LogP contribution in [0.3, 0.4) is 0 Å². The zero-order valence-corrected chi connectivity index (χ0v) is 10.1. The molecule has 70 valence electrons. The molecule has 0 saturated heterocycles. The van der Waals surface area contributed by atoms with E-state index in [4.69, 9.17) is 2.74 Å². The Hall–Kier alpha value is -0.740. The third-order valence-corrected chi connectivity index (χ3v) is 2.47. The zero-order valence-electron chi connectivity index (χ0n) is 8.96. The third kappa shape index (κ3) is 2.19. The van der Waals surface area contributed by atoms with Crippen LogP contribution in [0.4, 0.5) is 0 Å². The molecule has 2 aromatic rings. The molecular formula is C10H6Br2N2. The van der Waals surface area contributed by atoms with Crippen molar-refractivity contribution in [1.29, 1.82) is 0 Å². The SMILES string of the molecule is [2H]c1nc(-c2cccc(Br)c2)c([2H])nc1Br. The molecule has 0 saturated carbocycles. The Kier molecular flexibility index (Phi) is 2.26. The van der Waals surface area contributed by atoms with Crippen molar-refractivity contribution >= 4 is 31.9 Å². The molecule has 0 spiro atoms. The van der Waals surface area contributed by atoms with Crippen molar-refractivity contribution in [2.24, 2.45) is 0 Å². The molecule has 2 nitrogen and oxygen atoms in total. The van der Waals surface area contributed by atoms with E-state index in [9.17, 15) is 0 Å². The first-order chi connectivity index (χ1) is 7.58. The zero-order chi connectivity index (χ0) is 11.7. The summed E-state index contributed by atoms with van der Waals surface area (Å²) in [6, 6.07) is 7.42. The van der Waals surface area contributed by atoms with Crippen molar-refractivity contribution in [2.75, 3.05) is 0 Å². The Bertz CT molecular complexity index is 546. The van der Waals surface area contributed by atoms with Gasteiger partial charge in [-0.25, -0.2) is 4.98 Å². The molecule has 0 atom stereocenters. The van der Waals surface area contributed by atoms with Crippen LogP contribution in [0.15, 0.2) is 45.7 Å². The molecular weight excluding hydrogens is 308 g/mol. The summed E-state index contributed by atoms with van der Waals surface area (Å²) in [5, 5.41) is 0. The number of nitrogens with zero attached hydrogens (tertiary/aromatic N) is 2. The van der Waals surface area contributed by atoms with Gasteiger partial charge in [-0.3, -0.25) is 4.98 Å². The number of hydrogen-bond acceptors (Lipinski definition) is 2. The Labute approximate surface area is 101 Å². The van der Waals surface area contributed by atoms with Crippen molar-refractivity contribution in [1.82, 2.24) is 9.97 Å². The fraction of sp³-hybridized carbons (Fsp3) is 0. The lowest BCUT2D eigenvalue weighted by Gasteiger charge is -2.00. The number of aromatic nitrogens is 2. The summed E-state index contributed by atoms with van der Waals surface area (Å²) < 4.78 is 16.5. The van der Waals surface area contributed by atoms with E-state index in [1.807, 2.05) is 24.3 Å². The second-order valence-corrected chi connectivity index (χ2v) is 4.26. The van der Waals surface area contributed by atoms with E-state index < -0.39 is 0 Å². The molecule has 4 heteroatoms. The van der Waals surface area contributed by atoms with Crippen molar-refractivity contribution in [3.05, 3.63) is 45.7 Å². The van der Waals surface area contributed by atoms with Crippen LogP contribution >= 0.6 is 31.9 Å². The lowest BCUT2D eigenvalue weighted by atomic mass is 10.2. The highest BCUT2D eigenvalue weighted by molar-refractivity contribution is 9.10. The van der Waals surface area contributed by atoms with E-state index in [0.717, 1.165) is 10.0 Å². The van der Waals surface area contributed by atoms with Crippen molar-refractivity contribution in [3.8, 4) is 11.3 Å². The predicted molar refractivity (Wildman–Crippen MR) is 62.9 cm³/mol. The standard InChI is InChI=1S/C10H6Br2N2/c11-8-3-1-2-7(4-8)9-5-14-10(12)6-13-9/h1-6H/i5D,6D. The molecule has 0 aliphatic carbocycles. The van der Waals surface area contributed by atoms with Crippen molar-refractivity contribution in [3.63, 3.8) is 0 Å². The maximum atomic E-state index is 7.71. The van der Waals surface area contributed by atoms with Crippen molar-refractivity contribution in [2.45, 2.75) is 0 Å². The summed E-state index contributed by atoms with van der Waals surface area (Å²) >= 11 is 6.43. The fourth-order valence-corrected chi connectivity index (χ4v) is 1.60. The molecule has 2 rings (SSSR count). The van der Waals surface area contributed by atoms with Crippen LogP contribution in [-0.4, -0.2) is 9.97 Å². The van der Waals surface area contributed by atoms with Crippen LogP contribution in [0.25, 0.3) is 11.3 Å². The molecule has 0 bridgehead atoms. The van der Waals surface area contributed by atoms with Crippen LogP contribution in [0.5, 0.6) is 0 Å². The van der Waals surface area contributed by atoms with Gasteiger partial charge in [0.1, 0.15) is 4.60 Å². The predicted octanol–water partition coefficient (Wildman–Crippen LogP) is 3.67. The summed E-state index contributed by atoms with van der Waals surface area (Å²) in [4.78, 5) is 7.93. The van der Waals surface area contributed by atoms with E-state index in [1.54, 1.807) is 0 Å². The van der Waals surface area contributed by atoms with Gasteiger partial charge in [0.05, 0.1) is 20.8 Å². The average molecular weight is 316 g/mol. The molecule has 0 aliphatic heterocycles. The van der Waals surface area contributed by atoms with Gasteiger partial charge in [-0.2, -0.15) is 0 Å². The molecule has 0 amide bonds. The largest absolute Gasteiger partial charge is 0.252 e. The van der Waals surface area contributed by atoms with Crippen LogP contribution in [0, 0.1) is 0 Å². The minimum Gasteiger partial charge on any atom is -0.252 e. The summed E-state index contributed by atoms with van der Waals surface area (Å²) in [7, 11) is 0. The highest BCUT2D eigenvalue weighted by atomic mass is 79.9. The van der Waals surface area contributed by atoms with Crippen LogP contribution in [0.2, 0.25) is 0 Å². The van der Waals surface area contributed by atoms with E-state index in [0.29, 0.717) is 5.69 Å². The van der Waals surface area contributed by atoms with Gasteiger partial charge in [-0.1, -0.05) is 28.1 Å². The summed E-state index contributed by atoms with van der Waals surface area (Å²) in [5.74, 6) is 0. The maximum absolute atomic E-state index is 7.71. The Balaban J connectivity index is 2.60. The van der Waals surface area contributed by atoms with Gasteiger partial charge in [0.25, 0.3) is 0 Å². The van der Waals surface area contributed by atoms with Gasteiger partial charge in [-0.15, -0.1) is 0 Å². The quantitative estimate of drug-likeness (QED) is 0.802. The Morgan fingerprint density at radius 3 is 2.79 bits per heavy atom. The highest BCUT2D eigenvalue weighted by Crippen LogP contribution is 2.20. The minimum absolute atomic E-state index is 0.0333.